The van der Waals surface area contributed by atoms with E-state index in [1.807, 2.05) is 0 Å². The summed E-state index contributed by atoms with van der Waals surface area (Å²) >= 11 is 1.09. The maximum Gasteiger partial charge on any atom is 0.387 e. The number of thiazole rings is 1. The second kappa shape index (κ2) is 8.17. The van der Waals surface area contributed by atoms with Gasteiger partial charge in [0.15, 0.2) is 5.13 Å². The fourth-order valence-electron chi connectivity index (χ4n) is 2.32. The van der Waals surface area contributed by atoms with Gasteiger partial charge in [0, 0.05) is 23.6 Å². The molecule has 2 aromatic carbocycles. The molecule has 1 N–H and O–H groups in total. The Morgan fingerprint density at radius 2 is 1.96 bits per heavy atom. The largest absolute Gasteiger partial charge is 0.434 e. The van der Waals surface area contributed by atoms with E-state index in [2.05, 4.69) is 15.0 Å². The highest BCUT2D eigenvalue weighted by atomic mass is 32.1. The number of nitrogens with zero attached hydrogens (tertiary/aromatic N) is 1. The SMILES string of the molecule is O=C(Nc1ncc(Cc2ccc(F)cc2F)s1)c1ccccc1OC(F)F. The monoisotopic (exact) mass is 396 g/mol. The van der Waals surface area contributed by atoms with Crippen molar-refractivity contribution in [3.63, 3.8) is 0 Å². The highest BCUT2D eigenvalue weighted by Crippen LogP contribution is 2.25. The van der Waals surface area contributed by atoms with Crippen molar-refractivity contribution in [2.75, 3.05) is 5.32 Å². The van der Waals surface area contributed by atoms with E-state index in [0.717, 1.165) is 23.5 Å². The summed E-state index contributed by atoms with van der Waals surface area (Å²) in [7, 11) is 0. The molecule has 0 radical (unpaired) electrons. The zero-order valence-corrected chi connectivity index (χ0v) is 14.4. The van der Waals surface area contributed by atoms with Gasteiger partial charge in [-0.05, 0) is 23.8 Å². The highest BCUT2D eigenvalue weighted by molar-refractivity contribution is 7.15. The number of carbonyl (C=O) groups is 1. The Hall–Kier alpha value is -2.94. The van der Waals surface area contributed by atoms with Crippen molar-refractivity contribution in [2.24, 2.45) is 0 Å². The van der Waals surface area contributed by atoms with Gasteiger partial charge < -0.3 is 4.74 Å². The van der Waals surface area contributed by atoms with Gasteiger partial charge in [-0.15, -0.1) is 11.3 Å². The molecule has 3 rings (SSSR count). The number of amides is 1. The number of hydrogen-bond donors (Lipinski definition) is 1. The summed E-state index contributed by atoms with van der Waals surface area (Å²) in [4.78, 5) is 17.0. The van der Waals surface area contributed by atoms with Crippen LogP contribution in [0.25, 0.3) is 0 Å². The quantitative estimate of drug-likeness (QED) is 0.605. The van der Waals surface area contributed by atoms with Gasteiger partial charge >= 0.3 is 6.61 Å². The number of carbonyl (C=O) groups excluding carboxylic acids is 1. The number of anilines is 1. The molecular weight excluding hydrogens is 384 g/mol. The van der Waals surface area contributed by atoms with Crippen LogP contribution in [0.2, 0.25) is 0 Å². The predicted octanol–water partition coefficient (Wildman–Crippen LogP) is 4.87. The molecule has 1 heterocycles. The van der Waals surface area contributed by atoms with E-state index in [1.165, 1.54) is 36.5 Å². The van der Waals surface area contributed by atoms with Crippen LogP contribution in [0.1, 0.15) is 20.8 Å². The van der Waals surface area contributed by atoms with Gasteiger partial charge in [-0.3, -0.25) is 10.1 Å². The Balaban J connectivity index is 1.71. The van der Waals surface area contributed by atoms with Crippen LogP contribution < -0.4 is 10.1 Å². The van der Waals surface area contributed by atoms with Crippen LogP contribution in [0.4, 0.5) is 22.7 Å². The molecule has 1 aromatic heterocycles. The third-order valence-electron chi connectivity index (χ3n) is 3.50. The first-order valence-corrected chi connectivity index (χ1v) is 8.48. The summed E-state index contributed by atoms with van der Waals surface area (Å²) in [6.07, 6.45) is 1.62. The first-order chi connectivity index (χ1) is 12.9. The second-order valence-corrected chi connectivity index (χ2v) is 6.49. The summed E-state index contributed by atoms with van der Waals surface area (Å²) in [6, 6.07) is 8.85. The van der Waals surface area contributed by atoms with Gasteiger partial charge in [-0.2, -0.15) is 8.78 Å². The molecule has 0 aliphatic heterocycles. The first-order valence-electron chi connectivity index (χ1n) is 7.66. The average Bonchev–Trinajstić information content (AvgIpc) is 3.04. The molecule has 140 valence electrons. The van der Waals surface area contributed by atoms with Gasteiger partial charge in [0.05, 0.1) is 5.56 Å². The van der Waals surface area contributed by atoms with Gasteiger partial charge in [-0.1, -0.05) is 18.2 Å². The number of benzene rings is 2. The van der Waals surface area contributed by atoms with Crippen molar-refractivity contribution in [3.8, 4) is 5.75 Å². The maximum absolute atomic E-state index is 13.7. The minimum absolute atomic E-state index is 0.0703. The number of halogens is 4. The van der Waals surface area contributed by atoms with E-state index in [-0.39, 0.29) is 28.4 Å². The molecule has 0 aliphatic rings. The molecule has 0 aliphatic carbocycles. The number of ether oxygens (including phenoxy) is 1. The van der Waals surface area contributed by atoms with Crippen molar-refractivity contribution in [1.82, 2.24) is 4.98 Å². The van der Waals surface area contributed by atoms with E-state index in [0.29, 0.717) is 4.88 Å². The van der Waals surface area contributed by atoms with Crippen LogP contribution in [0.5, 0.6) is 5.75 Å². The molecule has 0 saturated heterocycles. The molecule has 0 atom stereocenters. The fourth-order valence-corrected chi connectivity index (χ4v) is 3.15. The molecule has 0 fully saturated rings. The normalized spacial score (nSPS) is 10.9. The first kappa shape index (κ1) is 18.8. The number of nitrogens with one attached hydrogen (secondary N) is 1. The Morgan fingerprint density at radius 3 is 2.70 bits per heavy atom. The fraction of sp³-hybridized carbons (Fsp3) is 0.111. The van der Waals surface area contributed by atoms with Crippen molar-refractivity contribution in [1.29, 1.82) is 0 Å². The second-order valence-electron chi connectivity index (χ2n) is 5.37. The molecule has 27 heavy (non-hydrogen) atoms. The summed E-state index contributed by atoms with van der Waals surface area (Å²) in [6.45, 7) is -3.06. The maximum atomic E-state index is 13.7. The van der Waals surface area contributed by atoms with Crippen LogP contribution in [-0.4, -0.2) is 17.5 Å². The molecule has 4 nitrogen and oxygen atoms in total. The van der Waals surface area contributed by atoms with Crippen LogP contribution in [0, 0.1) is 11.6 Å². The van der Waals surface area contributed by atoms with Crippen LogP contribution >= 0.6 is 11.3 Å². The van der Waals surface area contributed by atoms with E-state index >= 15 is 0 Å². The molecule has 3 aromatic rings. The molecule has 9 heteroatoms. The van der Waals surface area contributed by atoms with Crippen LogP contribution in [-0.2, 0) is 6.42 Å². The predicted molar refractivity (Wildman–Crippen MR) is 92.3 cm³/mol. The van der Waals surface area contributed by atoms with E-state index in [1.54, 1.807) is 0 Å². The summed E-state index contributed by atoms with van der Waals surface area (Å²) in [5.74, 6) is -2.26. The standard InChI is InChI=1S/C18H12F4N2O2S/c19-11-6-5-10(14(20)8-11)7-12-9-23-18(27-12)24-16(25)13-3-1-2-4-15(13)26-17(21)22/h1-6,8-9,17H,7H2,(H,23,24,25). The lowest BCUT2D eigenvalue weighted by Gasteiger charge is -2.09. The zero-order chi connectivity index (χ0) is 19.4. The molecule has 1 amide bonds. The molecule has 0 saturated carbocycles. The number of para-hydroxylation sites is 1. The lowest BCUT2D eigenvalue weighted by molar-refractivity contribution is -0.0501. The van der Waals surface area contributed by atoms with Crippen LogP contribution in [0.3, 0.4) is 0 Å². The van der Waals surface area contributed by atoms with E-state index in [9.17, 15) is 22.4 Å². The number of aromatic nitrogens is 1. The minimum atomic E-state index is -3.06. The van der Waals surface area contributed by atoms with E-state index < -0.39 is 24.2 Å². The highest BCUT2D eigenvalue weighted by Gasteiger charge is 2.17. The van der Waals surface area contributed by atoms with E-state index in [4.69, 9.17) is 0 Å². The summed E-state index contributed by atoms with van der Waals surface area (Å²) in [5, 5.41) is 2.70. The number of hydrogen-bond acceptors (Lipinski definition) is 4. The molecule has 0 bridgehead atoms. The zero-order valence-electron chi connectivity index (χ0n) is 13.6. The third kappa shape index (κ3) is 4.82. The van der Waals surface area contributed by atoms with Crippen LogP contribution in [0.15, 0.2) is 48.7 Å². The lowest BCUT2D eigenvalue weighted by atomic mass is 10.1. The number of alkyl halides is 2. The Bertz CT molecular complexity index is 962. The molecular formula is C18H12F4N2O2S. The van der Waals surface area contributed by atoms with Crippen molar-refractivity contribution in [2.45, 2.75) is 13.0 Å². The van der Waals surface area contributed by atoms with Crippen molar-refractivity contribution >= 4 is 22.4 Å². The summed E-state index contributed by atoms with van der Waals surface area (Å²) in [5.41, 5.74) is 0.215. The average molecular weight is 396 g/mol. The minimum Gasteiger partial charge on any atom is -0.434 e. The van der Waals surface area contributed by atoms with Gasteiger partial charge in [0.1, 0.15) is 17.4 Å². The number of rotatable bonds is 6. The smallest absolute Gasteiger partial charge is 0.387 e. The Morgan fingerprint density at radius 1 is 1.19 bits per heavy atom. The summed E-state index contributed by atoms with van der Waals surface area (Å²) < 4.78 is 55.9. The topological polar surface area (TPSA) is 51.2 Å². The van der Waals surface area contributed by atoms with Crippen molar-refractivity contribution < 1.29 is 27.1 Å². The molecule has 0 unspecified atom stereocenters. The van der Waals surface area contributed by atoms with Gasteiger partial charge in [0.2, 0.25) is 0 Å². The molecule has 0 spiro atoms. The van der Waals surface area contributed by atoms with Crippen molar-refractivity contribution in [3.05, 3.63) is 76.3 Å². The third-order valence-corrected chi connectivity index (χ3v) is 4.41. The lowest BCUT2D eigenvalue weighted by Crippen LogP contribution is -2.14. The van der Waals surface area contributed by atoms with Gasteiger partial charge in [-0.25, -0.2) is 13.8 Å². The van der Waals surface area contributed by atoms with Gasteiger partial charge in [0.25, 0.3) is 5.91 Å². The Labute approximate surface area is 155 Å². The Kier molecular flexibility index (Phi) is 5.70.